The largest absolute Gasteiger partial charge is 0.329 e. The average molecular weight is 300 g/mol. The van der Waals surface area contributed by atoms with E-state index in [9.17, 15) is 9.59 Å². The molecule has 1 aliphatic rings. The first-order valence-electron chi connectivity index (χ1n) is 7.30. The number of hydrogen-bond donors (Lipinski definition) is 1. The molecule has 112 valence electrons. The Hall–Kier alpha value is -1.07. The molecule has 5 nitrogen and oxygen atoms in total. The summed E-state index contributed by atoms with van der Waals surface area (Å²) in [4.78, 5) is 29.2. The Morgan fingerprint density at radius 1 is 1.25 bits per heavy atom. The third-order valence-electron chi connectivity index (χ3n) is 4.04. The van der Waals surface area contributed by atoms with Gasteiger partial charge in [0.1, 0.15) is 5.15 Å². The molecule has 20 heavy (non-hydrogen) atoms. The van der Waals surface area contributed by atoms with Gasteiger partial charge in [-0.25, -0.2) is 4.79 Å². The van der Waals surface area contributed by atoms with Gasteiger partial charge in [-0.1, -0.05) is 24.9 Å². The molecule has 1 saturated heterocycles. The van der Waals surface area contributed by atoms with E-state index in [0.29, 0.717) is 18.5 Å². The van der Waals surface area contributed by atoms with Crippen molar-refractivity contribution in [3.05, 3.63) is 31.6 Å². The summed E-state index contributed by atoms with van der Waals surface area (Å²) in [5.74, 6) is 0. The number of piperidine rings is 1. The minimum absolute atomic E-state index is 0.171. The van der Waals surface area contributed by atoms with Gasteiger partial charge in [0, 0.05) is 12.6 Å². The molecule has 1 atom stereocenters. The summed E-state index contributed by atoms with van der Waals surface area (Å²) in [6, 6.07) is 0.181. The third kappa shape index (κ3) is 3.15. The van der Waals surface area contributed by atoms with Crippen LogP contribution in [0.15, 0.2) is 9.59 Å². The topological polar surface area (TPSA) is 58.1 Å². The molecule has 0 spiro atoms. The van der Waals surface area contributed by atoms with Crippen LogP contribution in [0.4, 0.5) is 0 Å². The standard InChI is InChI=1S/C14H22ClN3O2/c1-3-11-12(15)16-14(20)18(13(11)19)9-10(2)17-7-5-4-6-8-17/h10H,3-9H2,1-2H3,(H,16,20). The van der Waals surface area contributed by atoms with E-state index in [4.69, 9.17) is 11.6 Å². The van der Waals surface area contributed by atoms with Crippen LogP contribution in [0.5, 0.6) is 0 Å². The molecule has 1 N–H and O–H groups in total. The fourth-order valence-corrected chi connectivity index (χ4v) is 3.09. The van der Waals surface area contributed by atoms with E-state index in [1.54, 1.807) is 0 Å². The van der Waals surface area contributed by atoms with Gasteiger partial charge in [-0.15, -0.1) is 0 Å². The summed E-state index contributed by atoms with van der Waals surface area (Å²) in [6.45, 7) is 6.43. The molecular weight excluding hydrogens is 278 g/mol. The van der Waals surface area contributed by atoms with Crippen molar-refractivity contribution in [3.63, 3.8) is 0 Å². The minimum atomic E-state index is -0.416. The van der Waals surface area contributed by atoms with Gasteiger partial charge in [0.05, 0.1) is 5.56 Å². The van der Waals surface area contributed by atoms with Crippen LogP contribution < -0.4 is 11.2 Å². The van der Waals surface area contributed by atoms with Crippen molar-refractivity contribution in [2.45, 2.75) is 52.1 Å². The monoisotopic (exact) mass is 299 g/mol. The van der Waals surface area contributed by atoms with Gasteiger partial charge in [0.25, 0.3) is 5.56 Å². The molecule has 0 aliphatic carbocycles. The van der Waals surface area contributed by atoms with E-state index in [2.05, 4.69) is 16.8 Å². The van der Waals surface area contributed by atoms with E-state index in [0.717, 1.165) is 13.1 Å². The minimum Gasteiger partial charge on any atom is -0.299 e. The van der Waals surface area contributed by atoms with E-state index in [1.165, 1.54) is 23.8 Å². The number of H-pyrrole nitrogens is 1. The molecule has 1 aliphatic heterocycles. The lowest BCUT2D eigenvalue weighted by molar-refractivity contribution is 0.157. The number of nitrogens with zero attached hydrogens (tertiary/aromatic N) is 2. The highest BCUT2D eigenvalue weighted by atomic mass is 35.5. The van der Waals surface area contributed by atoms with Gasteiger partial charge in [-0.2, -0.15) is 0 Å². The highest BCUT2D eigenvalue weighted by molar-refractivity contribution is 6.30. The van der Waals surface area contributed by atoms with Gasteiger partial charge in [-0.3, -0.25) is 19.2 Å². The van der Waals surface area contributed by atoms with Crippen molar-refractivity contribution >= 4 is 11.6 Å². The zero-order valence-corrected chi connectivity index (χ0v) is 12.9. The number of aromatic amines is 1. The normalized spacial score (nSPS) is 18.1. The van der Waals surface area contributed by atoms with E-state index >= 15 is 0 Å². The second-order valence-electron chi connectivity index (χ2n) is 5.44. The molecule has 1 aromatic rings. The fourth-order valence-electron chi connectivity index (χ4n) is 2.80. The second-order valence-corrected chi connectivity index (χ2v) is 5.82. The number of aromatic nitrogens is 2. The maximum atomic E-state index is 12.3. The van der Waals surface area contributed by atoms with E-state index in [1.807, 2.05) is 6.92 Å². The third-order valence-corrected chi connectivity index (χ3v) is 4.37. The second kappa shape index (κ2) is 6.59. The first kappa shape index (κ1) is 15.3. The summed E-state index contributed by atoms with van der Waals surface area (Å²) < 4.78 is 1.28. The number of nitrogens with one attached hydrogen (secondary N) is 1. The van der Waals surface area contributed by atoms with Crippen LogP contribution in [-0.2, 0) is 13.0 Å². The Morgan fingerprint density at radius 3 is 2.50 bits per heavy atom. The Labute approximate surface area is 123 Å². The predicted octanol–water partition coefficient (Wildman–Crippen LogP) is 1.63. The molecular formula is C14H22ClN3O2. The summed E-state index contributed by atoms with van der Waals surface area (Å²) >= 11 is 5.91. The van der Waals surface area contributed by atoms with Gasteiger partial charge in [0.2, 0.25) is 0 Å². The summed E-state index contributed by atoms with van der Waals surface area (Å²) in [5.41, 5.74) is -0.191. The highest BCUT2D eigenvalue weighted by Crippen LogP contribution is 2.13. The van der Waals surface area contributed by atoms with Crippen molar-refractivity contribution in [2.24, 2.45) is 0 Å². The predicted molar refractivity (Wildman–Crippen MR) is 80.6 cm³/mol. The van der Waals surface area contributed by atoms with Crippen molar-refractivity contribution in [1.29, 1.82) is 0 Å². The molecule has 0 radical (unpaired) electrons. The number of halogens is 1. The Bertz CT molecular complexity index is 573. The van der Waals surface area contributed by atoms with Gasteiger partial charge < -0.3 is 0 Å². The van der Waals surface area contributed by atoms with Gasteiger partial charge in [-0.05, 0) is 39.3 Å². The summed E-state index contributed by atoms with van der Waals surface area (Å²) in [5, 5.41) is 0.171. The zero-order chi connectivity index (χ0) is 14.7. The van der Waals surface area contributed by atoms with Crippen LogP contribution >= 0.6 is 11.6 Å². The lowest BCUT2D eigenvalue weighted by Gasteiger charge is -2.32. The molecule has 1 unspecified atom stereocenters. The van der Waals surface area contributed by atoms with Crippen molar-refractivity contribution in [2.75, 3.05) is 13.1 Å². The first-order chi connectivity index (χ1) is 9.54. The number of likely N-dealkylation sites (tertiary alicyclic amines) is 1. The van der Waals surface area contributed by atoms with Crippen molar-refractivity contribution < 1.29 is 0 Å². The van der Waals surface area contributed by atoms with Gasteiger partial charge in [0.15, 0.2) is 0 Å². The first-order valence-corrected chi connectivity index (χ1v) is 7.68. The maximum absolute atomic E-state index is 12.3. The number of hydrogen-bond acceptors (Lipinski definition) is 3. The molecule has 2 heterocycles. The lowest BCUT2D eigenvalue weighted by Crippen LogP contribution is -2.46. The number of rotatable bonds is 4. The molecule has 0 saturated carbocycles. The van der Waals surface area contributed by atoms with Crippen molar-refractivity contribution in [3.8, 4) is 0 Å². The fraction of sp³-hybridized carbons (Fsp3) is 0.714. The summed E-state index contributed by atoms with van der Waals surface area (Å²) in [7, 11) is 0. The Balaban J connectivity index is 2.24. The van der Waals surface area contributed by atoms with Crippen LogP contribution in [0.25, 0.3) is 0 Å². The molecule has 2 rings (SSSR count). The van der Waals surface area contributed by atoms with Crippen LogP contribution in [0.2, 0.25) is 5.15 Å². The Morgan fingerprint density at radius 2 is 1.90 bits per heavy atom. The zero-order valence-electron chi connectivity index (χ0n) is 12.1. The molecule has 1 fully saturated rings. The SMILES string of the molecule is CCc1c(Cl)[nH]c(=O)n(CC(C)N2CCCCC2)c1=O. The molecule has 0 bridgehead atoms. The van der Waals surface area contributed by atoms with E-state index in [-0.39, 0.29) is 16.8 Å². The average Bonchev–Trinajstić information content (AvgIpc) is 2.44. The van der Waals surface area contributed by atoms with Crippen LogP contribution in [-0.4, -0.2) is 33.6 Å². The molecule has 0 aromatic carbocycles. The van der Waals surface area contributed by atoms with Crippen LogP contribution in [0.1, 0.15) is 38.7 Å². The van der Waals surface area contributed by atoms with Crippen molar-refractivity contribution in [1.82, 2.24) is 14.5 Å². The highest BCUT2D eigenvalue weighted by Gasteiger charge is 2.19. The van der Waals surface area contributed by atoms with E-state index < -0.39 is 5.69 Å². The smallest absolute Gasteiger partial charge is 0.299 e. The maximum Gasteiger partial charge on any atom is 0.329 e. The van der Waals surface area contributed by atoms with Crippen LogP contribution in [0, 0.1) is 0 Å². The van der Waals surface area contributed by atoms with Crippen LogP contribution in [0.3, 0.4) is 0 Å². The molecule has 0 amide bonds. The Kier molecular flexibility index (Phi) is 5.05. The quantitative estimate of drug-likeness (QED) is 0.860. The molecule has 1 aromatic heterocycles. The summed E-state index contributed by atoms with van der Waals surface area (Å²) in [6.07, 6.45) is 4.17. The van der Waals surface area contributed by atoms with Gasteiger partial charge >= 0.3 is 5.69 Å². The lowest BCUT2D eigenvalue weighted by atomic mass is 10.1. The molecule has 6 heteroatoms.